The second kappa shape index (κ2) is 4.34. The van der Waals surface area contributed by atoms with Crippen molar-refractivity contribution in [3.8, 4) is 0 Å². The third kappa shape index (κ3) is 2.67. The van der Waals surface area contributed by atoms with Crippen LogP contribution in [-0.2, 0) is 0 Å². The molecule has 1 saturated heterocycles. The fraction of sp³-hybridized carbons (Fsp3) is 1.00. The van der Waals surface area contributed by atoms with E-state index in [0.29, 0.717) is 24.8 Å². The molecule has 2 aliphatic rings. The van der Waals surface area contributed by atoms with Gasteiger partial charge in [0.2, 0.25) is 5.92 Å². The Bertz CT molecular complexity index is 211. The molecule has 0 bridgehead atoms. The van der Waals surface area contributed by atoms with Gasteiger partial charge in [0.1, 0.15) is 0 Å². The van der Waals surface area contributed by atoms with Gasteiger partial charge in [-0.15, -0.1) is 0 Å². The lowest BCUT2D eigenvalue weighted by Gasteiger charge is -2.41. The zero-order valence-corrected chi connectivity index (χ0v) is 9.31. The topological polar surface area (TPSA) is 15.3 Å². The standard InChI is InChI=1S/C11H20F2N2/c1-15-7-6-14-8-10(15)9-2-4-11(12,13)5-3-9/h9-10,14H,2-8H2,1H3. The number of likely N-dealkylation sites (N-methyl/N-ethyl adjacent to an activating group) is 1. The molecule has 1 unspecified atom stereocenters. The number of nitrogens with zero attached hydrogens (tertiary/aromatic N) is 1. The number of alkyl halides is 2. The second-order valence-corrected chi connectivity index (χ2v) is 4.95. The highest BCUT2D eigenvalue weighted by Gasteiger charge is 2.38. The molecule has 15 heavy (non-hydrogen) atoms. The predicted octanol–water partition coefficient (Wildman–Crippen LogP) is 1.72. The lowest BCUT2D eigenvalue weighted by Crippen LogP contribution is -2.53. The summed E-state index contributed by atoms with van der Waals surface area (Å²) in [6.07, 6.45) is 1.54. The van der Waals surface area contributed by atoms with Crippen molar-refractivity contribution in [3.05, 3.63) is 0 Å². The molecule has 1 atom stereocenters. The van der Waals surface area contributed by atoms with Crippen molar-refractivity contribution in [1.82, 2.24) is 10.2 Å². The van der Waals surface area contributed by atoms with E-state index in [9.17, 15) is 8.78 Å². The van der Waals surface area contributed by atoms with E-state index in [2.05, 4.69) is 17.3 Å². The van der Waals surface area contributed by atoms with Crippen LogP contribution in [0.25, 0.3) is 0 Å². The van der Waals surface area contributed by atoms with Crippen LogP contribution in [0.2, 0.25) is 0 Å². The lowest BCUT2D eigenvalue weighted by molar-refractivity contribution is -0.0565. The first-order valence-electron chi connectivity index (χ1n) is 5.87. The maximum atomic E-state index is 13.0. The Balaban J connectivity index is 1.89. The summed E-state index contributed by atoms with van der Waals surface area (Å²) >= 11 is 0. The molecule has 88 valence electrons. The van der Waals surface area contributed by atoms with Gasteiger partial charge in [0.25, 0.3) is 0 Å². The van der Waals surface area contributed by atoms with Crippen molar-refractivity contribution in [2.75, 3.05) is 26.7 Å². The first kappa shape index (κ1) is 11.3. The van der Waals surface area contributed by atoms with Gasteiger partial charge in [-0.3, -0.25) is 0 Å². The van der Waals surface area contributed by atoms with Crippen molar-refractivity contribution >= 4 is 0 Å². The van der Waals surface area contributed by atoms with Gasteiger partial charge < -0.3 is 10.2 Å². The third-order valence-electron chi connectivity index (χ3n) is 3.87. The Morgan fingerprint density at radius 3 is 2.53 bits per heavy atom. The molecule has 2 rings (SSSR count). The summed E-state index contributed by atoms with van der Waals surface area (Å²) in [5.41, 5.74) is 0. The molecule has 1 saturated carbocycles. The number of nitrogens with one attached hydrogen (secondary N) is 1. The van der Waals surface area contributed by atoms with Gasteiger partial charge in [0.15, 0.2) is 0 Å². The SMILES string of the molecule is CN1CCNCC1C1CCC(F)(F)CC1. The summed E-state index contributed by atoms with van der Waals surface area (Å²) in [7, 11) is 2.11. The van der Waals surface area contributed by atoms with Crippen LogP contribution in [0.5, 0.6) is 0 Å². The quantitative estimate of drug-likeness (QED) is 0.721. The van der Waals surface area contributed by atoms with Gasteiger partial charge in [-0.05, 0) is 25.8 Å². The van der Waals surface area contributed by atoms with Gasteiger partial charge in [0, 0.05) is 38.5 Å². The van der Waals surface area contributed by atoms with Crippen LogP contribution in [-0.4, -0.2) is 43.5 Å². The Morgan fingerprint density at radius 2 is 1.93 bits per heavy atom. The fourth-order valence-corrected chi connectivity index (χ4v) is 2.80. The molecule has 2 nitrogen and oxygen atoms in total. The normalized spacial score (nSPS) is 34.2. The summed E-state index contributed by atoms with van der Waals surface area (Å²) in [6, 6.07) is 0.467. The highest BCUT2D eigenvalue weighted by Crippen LogP contribution is 2.38. The summed E-state index contributed by atoms with van der Waals surface area (Å²) in [4.78, 5) is 2.32. The molecule has 0 amide bonds. The highest BCUT2D eigenvalue weighted by molar-refractivity contribution is 4.88. The zero-order valence-electron chi connectivity index (χ0n) is 9.31. The van der Waals surface area contributed by atoms with Crippen molar-refractivity contribution in [2.45, 2.75) is 37.6 Å². The van der Waals surface area contributed by atoms with Gasteiger partial charge in [-0.2, -0.15) is 0 Å². The molecule has 0 aromatic carbocycles. The fourth-order valence-electron chi connectivity index (χ4n) is 2.80. The largest absolute Gasteiger partial charge is 0.314 e. The average molecular weight is 218 g/mol. The Kier molecular flexibility index (Phi) is 3.26. The zero-order chi connectivity index (χ0) is 10.9. The van der Waals surface area contributed by atoms with Gasteiger partial charge >= 0.3 is 0 Å². The van der Waals surface area contributed by atoms with Gasteiger partial charge in [0.05, 0.1) is 0 Å². The Morgan fingerprint density at radius 1 is 1.27 bits per heavy atom. The maximum Gasteiger partial charge on any atom is 0.248 e. The summed E-state index contributed by atoms with van der Waals surface area (Å²) in [5, 5.41) is 3.35. The van der Waals surface area contributed by atoms with Crippen molar-refractivity contribution in [2.24, 2.45) is 5.92 Å². The highest BCUT2D eigenvalue weighted by atomic mass is 19.3. The van der Waals surface area contributed by atoms with Crippen LogP contribution in [0.4, 0.5) is 8.78 Å². The molecule has 1 heterocycles. The van der Waals surface area contributed by atoms with E-state index in [0.717, 1.165) is 19.6 Å². The number of hydrogen-bond acceptors (Lipinski definition) is 2. The summed E-state index contributed by atoms with van der Waals surface area (Å²) in [6.45, 7) is 3.03. The van der Waals surface area contributed by atoms with Gasteiger partial charge in [-0.1, -0.05) is 0 Å². The molecular weight excluding hydrogens is 198 g/mol. The van der Waals surface area contributed by atoms with E-state index >= 15 is 0 Å². The number of rotatable bonds is 1. The average Bonchev–Trinajstić information content (AvgIpc) is 2.19. The number of hydrogen-bond donors (Lipinski definition) is 1. The maximum absolute atomic E-state index is 13.0. The second-order valence-electron chi connectivity index (χ2n) is 4.95. The molecule has 1 aliphatic heterocycles. The summed E-state index contributed by atoms with van der Waals surface area (Å²) < 4.78 is 26.0. The first-order chi connectivity index (χ1) is 7.08. The van der Waals surface area contributed by atoms with Crippen LogP contribution >= 0.6 is 0 Å². The molecule has 1 aliphatic carbocycles. The van der Waals surface area contributed by atoms with E-state index in [1.54, 1.807) is 0 Å². The molecule has 1 N–H and O–H groups in total. The minimum Gasteiger partial charge on any atom is -0.314 e. The number of halogens is 2. The van der Waals surface area contributed by atoms with Crippen LogP contribution < -0.4 is 5.32 Å². The van der Waals surface area contributed by atoms with Crippen LogP contribution in [0.15, 0.2) is 0 Å². The monoisotopic (exact) mass is 218 g/mol. The molecule has 2 fully saturated rings. The van der Waals surface area contributed by atoms with E-state index in [-0.39, 0.29) is 12.8 Å². The van der Waals surface area contributed by atoms with E-state index in [4.69, 9.17) is 0 Å². The minimum absolute atomic E-state index is 0.0853. The van der Waals surface area contributed by atoms with Crippen LogP contribution in [0.1, 0.15) is 25.7 Å². The minimum atomic E-state index is -2.39. The van der Waals surface area contributed by atoms with E-state index in [1.165, 1.54) is 0 Å². The third-order valence-corrected chi connectivity index (χ3v) is 3.87. The number of piperazine rings is 1. The van der Waals surface area contributed by atoms with Crippen molar-refractivity contribution in [1.29, 1.82) is 0 Å². The van der Waals surface area contributed by atoms with Crippen LogP contribution in [0, 0.1) is 5.92 Å². The molecule has 0 radical (unpaired) electrons. The molecule has 0 spiro atoms. The predicted molar refractivity (Wildman–Crippen MR) is 56.2 cm³/mol. The van der Waals surface area contributed by atoms with E-state index in [1.807, 2.05) is 0 Å². The van der Waals surface area contributed by atoms with Crippen LogP contribution in [0.3, 0.4) is 0 Å². The lowest BCUT2D eigenvalue weighted by atomic mass is 9.81. The van der Waals surface area contributed by atoms with Crippen molar-refractivity contribution < 1.29 is 8.78 Å². The van der Waals surface area contributed by atoms with Crippen molar-refractivity contribution in [3.63, 3.8) is 0 Å². The Labute approximate surface area is 90.0 Å². The summed E-state index contributed by atoms with van der Waals surface area (Å²) in [5.74, 6) is -1.93. The smallest absolute Gasteiger partial charge is 0.248 e. The Hall–Kier alpha value is -0.220. The molecule has 4 heteroatoms. The first-order valence-corrected chi connectivity index (χ1v) is 5.87. The van der Waals surface area contributed by atoms with Gasteiger partial charge in [-0.25, -0.2) is 8.78 Å². The van der Waals surface area contributed by atoms with E-state index < -0.39 is 5.92 Å². The molecule has 0 aromatic heterocycles. The molecule has 0 aromatic rings. The molecular formula is C11H20F2N2.